The maximum atomic E-state index is 5.85. The molecule has 0 aliphatic carbocycles. The van der Waals surface area contributed by atoms with Gasteiger partial charge in [-0.15, -0.1) is 0 Å². The zero-order valence-electron chi connectivity index (χ0n) is 11.3. The Morgan fingerprint density at radius 1 is 1.00 bits per heavy atom. The predicted octanol–water partition coefficient (Wildman–Crippen LogP) is 5.48. The second-order valence-corrected chi connectivity index (χ2v) is 4.43. The van der Waals surface area contributed by atoms with Gasteiger partial charge in [-0.25, -0.2) is 4.98 Å². The molecule has 3 aromatic rings. The van der Waals surface area contributed by atoms with Crippen molar-refractivity contribution in [3.63, 3.8) is 0 Å². The van der Waals surface area contributed by atoms with Crippen molar-refractivity contribution in [3.05, 3.63) is 53.1 Å². The fraction of sp³-hybridized carbons (Fsp3) is 0.188. The Balaban J connectivity index is 0.000000637. The Labute approximate surface area is 118 Å². The van der Waals surface area contributed by atoms with Gasteiger partial charge in [0.1, 0.15) is 5.52 Å². The lowest BCUT2D eigenvalue weighted by atomic mass is 10.2. The number of hydrogen-bond acceptors (Lipinski definition) is 2. The van der Waals surface area contributed by atoms with Gasteiger partial charge in [0.2, 0.25) is 5.89 Å². The summed E-state index contributed by atoms with van der Waals surface area (Å²) in [6.45, 7) is 6.04. The lowest BCUT2D eigenvalue weighted by Crippen LogP contribution is -1.76. The molecule has 98 valence electrons. The summed E-state index contributed by atoms with van der Waals surface area (Å²) in [6.07, 6.45) is 0. The van der Waals surface area contributed by atoms with Crippen molar-refractivity contribution >= 4 is 22.7 Å². The number of oxazole rings is 1. The van der Waals surface area contributed by atoms with Crippen LogP contribution in [0.5, 0.6) is 0 Å². The molecule has 0 radical (unpaired) electrons. The van der Waals surface area contributed by atoms with Crippen LogP contribution < -0.4 is 0 Å². The number of hydrogen-bond donors (Lipinski definition) is 0. The Kier molecular flexibility index (Phi) is 4.23. The molecule has 3 heteroatoms. The largest absolute Gasteiger partial charge is 0.436 e. The summed E-state index contributed by atoms with van der Waals surface area (Å²) < 4.78 is 5.69. The highest BCUT2D eigenvalue weighted by Gasteiger charge is 2.07. The molecule has 0 aliphatic heterocycles. The number of fused-ring (bicyclic) bond motifs is 1. The molecule has 0 spiro atoms. The average molecular weight is 274 g/mol. The summed E-state index contributed by atoms with van der Waals surface area (Å²) in [6, 6.07) is 13.4. The first-order chi connectivity index (χ1) is 9.22. The number of halogens is 1. The van der Waals surface area contributed by atoms with E-state index in [1.165, 1.54) is 5.56 Å². The maximum Gasteiger partial charge on any atom is 0.227 e. The molecule has 0 saturated carbocycles. The minimum atomic E-state index is 0.627. The van der Waals surface area contributed by atoms with Crippen LogP contribution in [0.3, 0.4) is 0 Å². The highest BCUT2D eigenvalue weighted by atomic mass is 35.5. The fourth-order valence-corrected chi connectivity index (χ4v) is 1.88. The molecule has 0 bridgehead atoms. The molecule has 2 aromatic carbocycles. The first kappa shape index (κ1) is 13.6. The van der Waals surface area contributed by atoms with Crippen molar-refractivity contribution in [1.29, 1.82) is 0 Å². The van der Waals surface area contributed by atoms with Gasteiger partial charge in [0.25, 0.3) is 0 Å². The van der Waals surface area contributed by atoms with Gasteiger partial charge in [0.05, 0.1) is 0 Å². The Bertz CT molecular complexity index is 671. The van der Waals surface area contributed by atoms with E-state index in [1.54, 1.807) is 0 Å². The Hall–Kier alpha value is -1.80. The molecule has 2 nitrogen and oxygen atoms in total. The second-order valence-electron chi connectivity index (χ2n) is 4.00. The van der Waals surface area contributed by atoms with Crippen molar-refractivity contribution in [2.75, 3.05) is 0 Å². The Morgan fingerprint density at radius 2 is 1.68 bits per heavy atom. The molecule has 3 rings (SSSR count). The van der Waals surface area contributed by atoms with Crippen molar-refractivity contribution in [2.24, 2.45) is 0 Å². The molecule has 0 unspecified atom stereocenters. The molecule has 19 heavy (non-hydrogen) atoms. The van der Waals surface area contributed by atoms with Crippen molar-refractivity contribution in [1.82, 2.24) is 4.98 Å². The molecule has 1 aromatic heterocycles. The number of aromatic nitrogens is 1. The SMILES string of the molecule is CC.Cc1ccc2oc(-c3ccc(Cl)cc3)nc2c1. The summed E-state index contributed by atoms with van der Waals surface area (Å²) in [7, 11) is 0. The second kappa shape index (κ2) is 5.89. The normalized spacial score (nSPS) is 10.1. The number of aryl methyl sites for hydroxylation is 1. The third kappa shape index (κ3) is 2.96. The average Bonchev–Trinajstić information content (AvgIpc) is 2.84. The van der Waals surface area contributed by atoms with Crippen LogP contribution in [0.25, 0.3) is 22.6 Å². The van der Waals surface area contributed by atoms with Crippen LogP contribution in [0.2, 0.25) is 5.02 Å². The molecule has 0 saturated heterocycles. The molecule has 0 fully saturated rings. The smallest absolute Gasteiger partial charge is 0.227 e. The van der Waals surface area contributed by atoms with Crippen LogP contribution in [0.4, 0.5) is 0 Å². The lowest BCUT2D eigenvalue weighted by Gasteiger charge is -1.94. The van der Waals surface area contributed by atoms with Crippen LogP contribution >= 0.6 is 11.6 Å². The van der Waals surface area contributed by atoms with Crippen molar-refractivity contribution in [2.45, 2.75) is 20.8 Å². The quantitative estimate of drug-likeness (QED) is 0.586. The van der Waals surface area contributed by atoms with Crippen LogP contribution in [-0.4, -0.2) is 4.98 Å². The monoisotopic (exact) mass is 273 g/mol. The third-order valence-corrected chi connectivity index (χ3v) is 2.89. The third-order valence-electron chi connectivity index (χ3n) is 2.63. The van der Waals surface area contributed by atoms with Crippen molar-refractivity contribution in [3.8, 4) is 11.5 Å². The number of benzene rings is 2. The van der Waals surface area contributed by atoms with Gasteiger partial charge in [0.15, 0.2) is 5.58 Å². The maximum absolute atomic E-state index is 5.85. The number of nitrogens with zero attached hydrogens (tertiary/aromatic N) is 1. The van der Waals surface area contributed by atoms with E-state index >= 15 is 0 Å². The van der Waals surface area contributed by atoms with E-state index in [0.29, 0.717) is 10.9 Å². The summed E-state index contributed by atoms with van der Waals surface area (Å²) in [5.74, 6) is 0.627. The molecule has 1 heterocycles. The highest BCUT2D eigenvalue weighted by molar-refractivity contribution is 6.30. The summed E-state index contributed by atoms with van der Waals surface area (Å²) in [5.41, 5.74) is 3.80. The van der Waals surface area contributed by atoms with E-state index in [0.717, 1.165) is 16.7 Å². The van der Waals surface area contributed by atoms with Gasteiger partial charge in [0, 0.05) is 10.6 Å². The van der Waals surface area contributed by atoms with Gasteiger partial charge < -0.3 is 4.42 Å². The summed E-state index contributed by atoms with van der Waals surface area (Å²) >= 11 is 5.85. The van der Waals surface area contributed by atoms with E-state index in [9.17, 15) is 0 Å². The molecule has 0 amide bonds. The van der Waals surface area contributed by atoms with Gasteiger partial charge in [-0.1, -0.05) is 31.5 Å². The van der Waals surface area contributed by atoms with E-state index in [2.05, 4.69) is 4.98 Å². The van der Waals surface area contributed by atoms with Gasteiger partial charge in [-0.3, -0.25) is 0 Å². The summed E-state index contributed by atoms with van der Waals surface area (Å²) in [4.78, 5) is 4.46. The van der Waals surface area contributed by atoms with Gasteiger partial charge in [-0.05, 0) is 48.9 Å². The zero-order chi connectivity index (χ0) is 13.8. The first-order valence-electron chi connectivity index (χ1n) is 6.35. The van der Waals surface area contributed by atoms with Gasteiger partial charge >= 0.3 is 0 Å². The van der Waals surface area contributed by atoms with E-state index < -0.39 is 0 Å². The standard InChI is InChI=1S/C14H10ClNO.C2H6/c1-9-2-7-13-12(8-9)16-14(17-13)10-3-5-11(15)6-4-10;1-2/h2-8H,1H3;1-2H3. The number of rotatable bonds is 1. The minimum absolute atomic E-state index is 0.627. The molecular formula is C16H16ClNO. The zero-order valence-corrected chi connectivity index (χ0v) is 12.0. The highest BCUT2D eigenvalue weighted by Crippen LogP contribution is 2.25. The Morgan fingerprint density at radius 3 is 2.37 bits per heavy atom. The summed E-state index contributed by atoms with van der Waals surface area (Å²) in [5, 5.41) is 0.709. The lowest BCUT2D eigenvalue weighted by molar-refractivity contribution is 0.620. The molecule has 0 aliphatic rings. The van der Waals surface area contributed by atoms with Crippen molar-refractivity contribution < 1.29 is 4.42 Å². The molecular weight excluding hydrogens is 258 g/mol. The topological polar surface area (TPSA) is 26.0 Å². The van der Waals surface area contributed by atoms with Gasteiger partial charge in [-0.2, -0.15) is 0 Å². The first-order valence-corrected chi connectivity index (χ1v) is 6.73. The van der Waals surface area contributed by atoms with E-state index in [-0.39, 0.29) is 0 Å². The predicted molar refractivity (Wildman–Crippen MR) is 80.5 cm³/mol. The van der Waals surface area contributed by atoms with Crippen LogP contribution in [0.1, 0.15) is 19.4 Å². The van der Waals surface area contributed by atoms with Crippen LogP contribution in [-0.2, 0) is 0 Å². The fourth-order valence-electron chi connectivity index (χ4n) is 1.75. The van der Waals surface area contributed by atoms with Crippen LogP contribution in [0, 0.1) is 6.92 Å². The van der Waals surface area contributed by atoms with Crippen LogP contribution in [0.15, 0.2) is 46.9 Å². The molecule has 0 atom stereocenters. The van der Waals surface area contributed by atoms with E-state index in [4.69, 9.17) is 16.0 Å². The van der Waals surface area contributed by atoms with E-state index in [1.807, 2.05) is 63.2 Å². The minimum Gasteiger partial charge on any atom is -0.436 e. The molecule has 0 N–H and O–H groups in total.